The van der Waals surface area contributed by atoms with Crippen LogP contribution in [0.3, 0.4) is 0 Å². The highest BCUT2D eigenvalue weighted by atomic mass is 16.5. The summed E-state index contributed by atoms with van der Waals surface area (Å²) in [5.41, 5.74) is 2.89. The third-order valence-electron chi connectivity index (χ3n) is 7.29. The molecule has 0 bridgehead atoms. The van der Waals surface area contributed by atoms with Crippen molar-refractivity contribution in [2.24, 2.45) is 4.99 Å². The summed E-state index contributed by atoms with van der Waals surface area (Å²) in [6.45, 7) is 2.26. The van der Waals surface area contributed by atoms with Crippen LogP contribution in [0.5, 0.6) is 11.5 Å². The minimum absolute atomic E-state index is 0.140. The second-order valence-electron chi connectivity index (χ2n) is 9.01. The van der Waals surface area contributed by atoms with Crippen LogP contribution in [0.1, 0.15) is 18.4 Å². The molecule has 2 heterocycles. The van der Waals surface area contributed by atoms with Crippen LogP contribution >= 0.6 is 0 Å². The molecule has 0 saturated heterocycles. The summed E-state index contributed by atoms with van der Waals surface area (Å²) in [6, 6.07) is 23.3. The summed E-state index contributed by atoms with van der Waals surface area (Å²) in [5, 5.41) is 4.72. The van der Waals surface area contributed by atoms with Gasteiger partial charge in [-0.3, -0.25) is 4.48 Å². The molecule has 4 aromatic rings. The summed E-state index contributed by atoms with van der Waals surface area (Å²) in [7, 11) is 6.13. The maximum absolute atomic E-state index is 6.90. The molecule has 0 fully saturated rings. The molecule has 0 amide bonds. The molecule has 0 aromatic heterocycles. The van der Waals surface area contributed by atoms with E-state index in [1.807, 2.05) is 18.3 Å². The highest BCUT2D eigenvalue weighted by molar-refractivity contribution is 6.01. The lowest BCUT2D eigenvalue weighted by atomic mass is 9.89. The molecule has 2 aliphatic rings. The maximum atomic E-state index is 6.90. The van der Waals surface area contributed by atoms with Gasteiger partial charge < -0.3 is 9.47 Å². The van der Waals surface area contributed by atoms with E-state index in [2.05, 4.69) is 75.6 Å². The Kier molecular flexibility index (Phi) is 3.61. The van der Waals surface area contributed by atoms with Crippen LogP contribution in [0.25, 0.3) is 21.5 Å². The fraction of sp³-hybridized carbons (Fsp3) is 0.222. The van der Waals surface area contributed by atoms with Gasteiger partial charge in [-0.2, -0.15) is 0 Å². The van der Waals surface area contributed by atoms with Gasteiger partial charge in [0.15, 0.2) is 5.75 Å². The molecule has 0 unspecified atom stereocenters. The van der Waals surface area contributed by atoms with E-state index in [4.69, 9.17) is 14.5 Å². The summed E-state index contributed by atoms with van der Waals surface area (Å²) in [6.07, 6.45) is 2.04. The monoisotopic (exact) mass is 409 g/mol. The van der Waals surface area contributed by atoms with Crippen molar-refractivity contribution in [1.82, 2.24) is 4.48 Å². The molecule has 4 heteroatoms. The number of hydrogen-bond acceptors (Lipinski definition) is 3. The van der Waals surface area contributed by atoms with Crippen LogP contribution in [-0.2, 0) is 0 Å². The number of benzene rings is 4. The lowest BCUT2D eigenvalue weighted by Gasteiger charge is -2.43. The van der Waals surface area contributed by atoms with E-state index in [0.717, 1.165) is 28.0 Å². The Bertz CT molecular complexity index is 1410. The Morgan fingerprint density at radius 3 is 2.52 bits per heavy atom. The molecule has 2 atom stereocenters. The first kappa shape index (κ1) is 18.4. The molecule has 4 nitrogen and oxygen atoms in total. The van der Waals surface area contributed by atoms with Gasteiger partial charge in [-0.1, -0.05) is 36.4 Å². The first-order chi connectivity index (χ1) is 15.0. The lowest BCUT2D eigenvalue weighted by Crippen LogP contribution is -2.65. The summed E-state index contributed by atoms with van der Waals surface area (Å²) in [5.74, 6) is 1.78. The molecule has 0 N–H and O–H groups in total. The predicted octanol–water partition coefficient (Wildman–Crippen LogP) is 6.18. The summed E-state index contributed by atoms with van der Waals surface area (Å²) < 4.78 is 12.9. The van der Waals surface area contributed by atoms with Crippen LogP contribution in [0.15, 0.2) is 71.7 Å². The standard InChI is InChI=1S/C27H25N2O2/c1-17-25-21-8-6-5-7-18(21)10-13-23(25)29(2,3)27(17)16-28-26-22-15-20(30-4)12-9-19(22)11-14-24(26)31-27/h5-17H,1-4H3/q+1/t17-,27-/m0/s1. The first-order valence-electron chi connectivity index (χ1n) is 10.7. The average Bonchev–Trinajstić information content (AvgIpc) is 2.96. The molecule has 0 radical (unpaired) electrons. The van der Waals surface area contributed by atoms with Gasteiger partial charge in [0.1, 0.15) is 23.3 Å². The van der Waals surface area contributed by atoms with Crippen molar-refractivity contribution in [3.05, 3.63) is 72.3 Å². The van der Waals surface area contributed by atoms with Crippen molar-refractivity contribution < 1.29 is 9.47 Å². The molecule has 1 spiro atoms. The van der Waals surface area contributed by atoms with Gasteiger partial charge in [0.25, 0.3) is 5.72 Å². The molecule has 154 valence electrons. The van der Waals surface area contributed by atoms with E-state index < -0.39 is 5.72 Å². The normalized spacial score (nSPS) is 23.0. The van der Waals surface area contributed by atoms with Gasteiger partial charge in [-0.25, -0.2) is 4.99 Å². The van der Waals surface area contributed by atoms with Crippen molar-refractivity contribution in [2.45, 2.75) is 18.6 Å². The van der Waals surface area contributed by atoms with Crippen molar-refractivity contribution in [2.75, 3.05) is 21.2 Å². The van der Waals surface area contributed by atoms with E-state index in [1.165, 1.54) is 22.0 Å². The first-order valence-corrected chi connectivity index (χ1v) is 10.7. The molecule has 31 heavy (non-hydrogen) atoms. The second kappa shape index (κ2) is 6.08. The van der Waals surface area contributed by atoms with Crippen LogP contribution in [0, 0.1) is 0 Å². The smallest absolute Gasteiger partial charge is 0.291 e. The number of rotatable bonds is 1. The van der Waals surface area contributed by atoms with Gasteiger partial charge >= 0.3 is 0 Å². The van der Waals surface area contributed by atoms with Crippen molar-refractivity contribution in [3.8, 4) is 11.5 Å². The molecular formula is C27H25N2O2+. The third-order valence-corrected chi connectivity index (χ3v) is 7.29. The van der Waals surface area contributed by atoms with Gasteiger partial charge in [0.05, 0.1) is 27.1 Å². The maximum Gasteiger partial charge on any atom is 0.291 e. The Morgan fingerprint density at radius 1 is 0.935 bits per heavy atom. The van der Waals surface area contributed by atoms with Crippen LogP contribution in [-0.4, -0.2) is 33.1 Å². The number of fused-ring (bicyclic) bond motifs is 6. The quantitative estimate of drug-likeness (QED) is 0.352. The Hall–Kier alpha value is -3.37. The lowest BCUT2D eigenvalue weighted by molar-refractivity contribution is 0.0102. The Labute approximate surface area is 181 Å². The van der Waals surface area contributed by atoms with Crippen LogP contribution in [0.4, 0.5) is 11.4 Å². The highest BCUT2D eigenvalue weighted by Crippen LogP contribution is 2.55. The van der Waals surface area contributed by atoms with E-state index in [1.54, 1.807) is 7.11 Å². The summed E-state index contributed by atoms with van der Waals surface area (Å²) in [4.78, 5) is 5.02. The zero-order chi connectivity index (χ0) is 21.4. The SMILES string of the molecule is COc1ccc2ccc3c(c2c1)N=C[C@]1(O3)[C@@H](C)c2c(ccc3ccccc23)[N+]1(C)C. The van der Waals surface area contributed by atoms with E-state index in [-0.39, 0.29) is 5.92 Å². The summed E-state index contributed by atoms with van der Waals surface area (Å²) >= 11 is 0. The number of ether oxygens (including phenoxy) is 2. The van der Waals surface area contributed by atoms with Crippen molar-refractivity contribution in [1.29, 1.82) is 0 Å². The van der Waals surface area contributed by atoms with Crippen molar-refractivity contribution in [3.63, 3.8) is 0 Å². The van der Waals surface area contributed by atoms with Crippen LogP contribution in [0.2, 0.25) is 0 Å². The number of likely N-dealkylation sites (N-methyl/N-ethyl adjacent to an activating group) is 1. The van der Waals surface area contributed by atoms with Gasteiger partial charge in [-0.15, -0.1) is 0 Å². The number of nitrogens with zero attached hydrogens (tertiary/aromatic N) is 2. The second-order valence-corrected chi connectivity index (χ2v) is 9.01. The van der Waals surface area contributed by atoms with Crippen molar-refractivity contribution >= 4 is 39.1 Å². The topological polar surface area (TPSA) is 30.8 Å². The van der Waals surface area contributed by atoms with Crippen LogP contribution < -0.4 is 14.0 Å². The van der Waals surface area contributed by atoms with Gasteiger partial charge in [0.2, 0.25) is 0 Å². The van der Waals surface area contributed by atoms with E-state index >= 15 is 0 Å². The Balaban J connectivity index is 1.56. The zero-order valence-corrected chi connectivity index (χ0v) is 18.2. The Morgan fingerprint density at radius 2 is 1.68 bits per heavy atom. The largest absolute Gasteiger partial charge is 0.497 e. The van der Waals surface area contributed by atoms with Gasteiger partial charge in [0, 0.05) is 17.0 Å². The zero-order valence-electron chi connectivity index (χ0n) is 18.2. The molecular weight excluding hydrogens is 384 g/mol. The number of aliphatic imine (C=N–C) groups is 1. The third kappa shape index (κ3) is 2.26. The molecule has 0 aliphatic carbocycles. The molecule has 0 saturated carbocycles. The fourth-order valence-corrected chi connectivity index (χ4v) is 5.53. The average molecular weight is 410 g/mol. The predicted molar refractivity (Wildman–Crippen MR) is 128 cm³/mol. The van der Waals surface area contributed by atoms with E-state index in [9.17, 15) is 0 Å². The highest BCUT2D eigenvalue weighted by Gasteiger charge is 2.62. The van der Waals surface area contributed by atoms with E-state index in [0.29, 0.717) is 4.48 Å². The molecule has 4 aromatic carbocycles. The number of quaternary nitrogens is 1. The number of methoxy groups -OCH3 is 1. The molecule has 6 rings (SSSR count). The minimum Gasteiger partial charge on any atom is -0.497 e. The fourth-order valence-electron chi connectivity index (χ4n) is 5.53. The van der Waals surface area contributed by atoms with Gasteiger partial charge in [-0.05, 0) is 47.3 Å². The number of hydrogen-bond donors (Lipinski definition) is 0. The molecule has 2 aliphatic heterocycles. The minimum atomic E-state index is -0.605.